The maximum Gasteiger partial charge on any atom is 0.191 e. The Kier molecular flexibility index (Phi) is 11.3. The van der Waals surface area contributed by atoms with E-state index >= 15 is 0 Å². The lowest BCUT2D eigenvalue weighted by Crippen LogP contribution is -2.42. The lowest BCUT2D eigenvalue weighted by molar-refractivity contribution is 0.287. The summed E-state index contributed by atoms with van der Waals surface area (Å²) in [6.45, 7) is 14.5. The van der Waals surface area contributed by atoms with E-state index in [1.807, 2.05) is 19.9 Å². The number of benzene rings is 1. The van der Waals surface area contributed by atoms with Crippen LogP contribution in [-0.4, -0.2) is 63.8 Å². The molecule has 0 unspecified atom stereocenters. The second-order valence-corrected chi connectivity index (χ2v) is 5.85. The summed E-state index contributed by atoms with van der Waals surface area (Å²) in [5, 5.41) is 6.73. The van der Waals surface area contributed by atoms with Crippen LogP contribution >= 0.6 is 0 Å². The molecule has 0 fully saturated rings. The molecular weight excluding hydrogens is 328 g/mol. The molecule has 1 rings (SSSR count). The number of likely N-dealkylation sites (N-methyl/N-ethyl adjacent to an activating group) is 1. The first-order valence-corrected chi connectivity index (χ1v) is 9.73. The number of hydrogen-bond acceptors (Lipinski definition) is 4. The molecule has 0 saturated carbocycles. The topological polar surface area (TPSA) is 58.1 Å². The molecule has 0 saturated heterocycles. The van der Waals surface area contributed by atoms with Crippen molar-refractivity contribution >= 4 is 5.96 Å². The van der Waals surface area contributed by atoms with Crippen LogP contribution in [-0.2, 0) is 6.42 Å². The van der Waals surface area contributed by atoms with Crippen molar-refractivity contribution in [1.82, 2.24) is 15.5 Å². The van der Waals surface area contributed by atoms with Crippen LogP contribution in [0.2, 0.25) is 0 Å². The maximum absolute atomic E-state index is 5.69. The van der Waals surface area contributed by atoms with Crippen LogP contribution in [0.5, 0.6) is 11.5 Å². The van der Waals surface area contributed by atoms with Crippen molar-refractivity contribution in [1.29, 1.82) is 0 Å². The van der Waals surface area contributed by atoms with Gasteiger partial charge in [0.1, 0.15) is 0 Å². The first-order valence-electron chi connectivity index (χ1n) is 9.73. The highest BCUT2D eigenvalue weighted by molar-refractivity contribution is 5.79. The molecule has 148 valence electrons. The Bertz CT molecular complexity index is 531. The normalized spacial score (nSPS) is 11.5. The average Bonchev–Trinajstić information content (AvgIpc) is 2.66. The van der Waals surface area contributed by atoms with Gasteiger partial charge in [0.05, 0.1) is 13.2 Å². The second-order valence-electron chi connectivity index (χ2n) is 5.85. The average molecular weight is 365 g/mol. The standard InChI is InChI=1S/C20H36N4O2/c1-6-24(7-2)15-14-23-20(21-5)22-13-12-17-10-11-18(25-8-3)19(16-17)26-9-4/h10-11,16H,6-9,12-15H2,1-5H3,(H2,21,22,23). The predicted molar refractivity (Wildman–Crippen MR) is 110 cm³/mol. The van der Waals surface area contributed by atoms with Crippen molar-refractivity contribution in [2.45, 2.75) is 34.1 Å². The minimum atomic E-state index is 0.630. The first kappa shape index (κ1) is 22.1. The lowest BCUT2D eigenvalue weighted by atomic mass is 10.1. The Hall–Kier alpha value is -1.95. The summed E-state index contributed by atoms with van der Waals surface area (Å²) in [6.07, 6.45) is 0.892. The number of rotatable bonds is 12. The SMILES string of the molecule is CCOc1ccc(CCNC(=NC)NCCN(CC)CC)cc1OCC. The number of nitrogens with one attached hydrogen (secondary N) is 2. The van der Waals surface area contributed by atoms with Gasteiger partial charge < -0.3 is 25.0 Å². The largest absolute Gasteiger partial charge is 0.490 e. The summed E-state index contributed by atoms with van der Waals surface area (Å²) in [5.74, 6) is 2.46. The second kappa shape index (κ2) is 13.3. The highest BCUT2D eigenvalue weighted by Crippen LogP contribution is 2.28. The van der Waals surface area contributed by atoms with Crippen LogP contribution in [0.1, 0.15) is 33.3 Å². The van der Waals surface area contributed by atoms with E-state index in [0.29, 0.717) is 13.2 Å². The molecule has 0 spiro atoms. The van der Waals surface area contributed by atoms with Gasteiger partial charge in [0, 0.05) is 26.7 Å². The summed E-state index contributed by atoms with van der Waals surface area (Å²) < 4.78 is 11.3. The van der Waals surface area contributed by atoms with E-state index in [-0.39, 0.29) is 0 Å². The molecule has 0 bridgehead atoms. The summed E-state index contributed by atoms with van der Waals surface area (Å²) in [5.41, 5.74) is 1.21. The number of nitrogens with zero attached hydrogens (tertiary/aromatic N) is 2. The third-order valence-corrected chi connectivity index (χ3v) is 4.15. The van der Waals surface area contributed by atoms with Crippen molar-refractivity contribution in [3.63, 3.8) is 0 Å². The zero-order chi connectivity index (χ0) is 19.2. The highest BCUT2D eigenvalue weighted by atomic mass is 16.5. The zero-order valence-corrected chi connectivity index (χ0v) is 17.1. The van der Waals surface area contributed by atoms with Crippen molar-refractivity contribution in [3.05, 3.63) is 23.8 Å². The zero-order valence-electron chi connectivity index (χ0n) is 17.1. The Morgan fingerprint density at radius 3 is 2.23 bits per heavy atom. The van der Waals surface area contributed by atoms with Gasteiger partial charge in [-0.25, -0.2) is 0 Å². The van der Waals surface area contributed by atoms with E-state index in [4.69, 9.17) is 9.47 Å². The van der Waals surface area contributed by atoms with Gasteiger partial charge in [-0.05, 0) is 51.1 Å². The van der Waals surface area contributed by atoms with Crippen LogP contribution in [0.15, 0.2) is 23.2 Å². The van der Waals surface area contributed by atoms with Gasteiger partial charge in [-0.1, -0.05) is 19.9 Å². The van der Waals surface area contributed by atoms with E-state index in [9.17, 15) is 0 Å². The molecule has 6 nitrogen and oxygen atoms in total. The molecule has 0 aliphatic rings. The minimum Gasteiger partial charge on any atom is -0.490 e. The monoisotopic (exact) mass is 364 g/mol. The molecular formula is C20H36N4O2. The smallest absolute Gasteiger partial charge is 0.191 e. The van der Waals surface area contributed by atoms with Crippen molar-refractivity contribution < 1.29 is 9.47 Å². The van der Waals surface area contributed by atoms with Crippen LogP contribution in [0, 0.1) is 0 Å². The molecule has 0 amide bonds. The summed E-state index contributed by atoms with van der Waals surface area (Å²) in [7, 11) is 1.80. The summed E-state index contributed by atoms with van der Waals surface area (Å²) in [6, 6.07) is 6.14. The van der Waals surface area contributed by atoms with Crippen molar-refractivity contribution in [2.75, 3.05) is 53.0 Å². The van der Waals surface area contributed by atoms with E-state index in [1.54, 1.807) is 7.05 Å². The third-order valence-electron chi connectivity index (χ3n) is 4.15. The van der Waals surface area contributed by atoms with Crippen LogP contribution in [0.3, 0.4) is 0 Å². The van der Waals surface area contributed by atoms with Gasteiger partial charge in [-0.3, -0.25) is 4.99 Å². The number of aliphatic imine (C=N–C) groups is 1. The van der Waals surface area contributed by atoms with Crippen LogP contribution in [0.4, 0.5) is 0 Å². The van der Waals surface area contributed by atoms with Gasteiger partial charge in [0.25, 0.3) is 0 Å². The Morgan fingerprint density at radius 1 is 0.962 bits per heavy atom. The van der Waals surface area contributed by atoms with Gasteiger partial charge in [0.2, 0.25) is 0 Å². The maximum atomic E-state index is 5.69. The molecule has 6 heteroatoms. The highest BCUT2D eigenvalue weighted by Gasteiger charge is 2.06. The fourth-order valence-corrected chi connectivity index (χ4v) is 2.67. The number of guanidine groups is 1. The fourth-order valence-electron chi connectivity index (χ4n) is 2.67. The fraction of sp³-hybridized carbons (Fsp3) is 0.650. The Balaban J connectivity index is 2.46. The quantitative estimate of drug-likeness (QED) is 0.441. The van der Waals surface area contributed by atoms with E-state index in [0.717, 1.165) is 56.6 Å². The molecule has 1 aromatic carbocycles. The third kappa shape index (κ3) is 7.95. The Morgan fingerprint density at radius 2 is 1.62 bits per heavy atom. The molecule has 0 aromatic heterocycles. The molecule has 0 atom stereocenters. The molecule has 1 aromatic rings. The van der Waals surface area contributed by atoms with Gasteiger partial charge >= 0.3 is 0 Å². The van der Waals surface area contributed by atoms with E-state index in [2.05, 4.69) is 46.5 Å². The van der Waals surface area contributed by atoms with Crippen LogP contribution < -0.4 is 20.1 Å². The molecule has 0 aliphatic carbocycles. The van der Waals surface area contributed by atoms with Gasteiger partial charge in [-0.15, -0.1) is 0 Å². The Labute approximate surface area is 159 Å². The minimum absolute atomic E-state index is 0.630. The molecule has 0 heterocycles. The van der Waals surface area contributed by atoms with Crippen molar-refractivity contribution in [2.24, 2.45) is 4.99 Å². The number of ether oxygens (including phenoxy) is 2. The number of hydrogen-bond donors (Lipinski definition) is 2. The molecule has 0 radical (unpaired) electrons. The summed E-state index contributed by atoms with van der Waals surface area (Å²) >= 11 is 0. The van der Waals surface area contributed by atoms with Gasteiger partial charge in [0.15, 0.2) is 17.5 Å². The lowest BCUT2D eigenvalue weighted by Gasteiger charge is -2.19. The molecule has 0 aliphatic heterocycles. The van der Waals surface area contributed by atoms with Gasteiger partial charge in [-0.2, -0.15) is 0 Å². The van der Waals surface area contributed by atoms with Crippen LogP contribution in [0.25, 0.3) is 0 Å². The molecule has 26 heavy (non-hydrogen) atoms. The summed E-state index contributed by atoms with van der Waals surface area (Å²) in [4.78, 5) is 6.67. The van der Waals surface area contributed by atoms with Crippen molar-refractivity contribution in [3.8, 4) is 11.5 Å². The predicted octanol–water partition coefficient (Wildman–Crippen LogP) is 2.53. The van der Waals surface area contributed by atoms with E-state index in [1.165, 1.54) is 5.56 Å². The first-order chi connectivity index (χ1) is 12.7. The van der Waals surface area contributed by atoms with E-state index < -0.39 is 0 Å². The molecule has 2 N–H and O–H groups in total.